The first-order valence-electron chi connectivity index (χ1n) is 7.02. The Morgan fingerprint density at radius 3 is 2.43 bits per heavy atom. The zero-order valence-electron chi connectivity index (χ0n) is 12.8. The fourth-order valence-electron chi connectivity index (χ4n) is 2.28. The summed E-state index contributed by atoms with van der Waals surface area (Å²) in [6.07, 6.45) is 3.01. The van der Waals surface area contributed by atoms with Crippen LogP contribution in [-0.2, 0) is 10.0 Å². The molecule has 0 N–H and O–H groups in total. The molecule has 0 saturated heterocycles. The summed E-state index contributed by atoms with van der Waals surface area (Å²) in [7, 11) is -2.12. The Bertz CT molecular complexity index is 928. The van der Waals surface area contributed by atoms with Crippen molar-refractivity contribution in [2.24, 2.45) is 0 Å². The molecule has 1 heterocycles. The zero-order chi connectivity index (χ0) is 16.4. The minimum atomic E-state index is -3.70. The number of aryl methyl sites for hydroxylation is 1. The van der Waals surface area contributed by atoms with Gasteiger partial charge in [-0.3, -0.25) is 0 Å². The summed E-state index contributed by atoms with van der Waals surface area (Å²) in [5, 5.41) is 4.01. The van der Waals surface area contributed by atoms with Crippen molar-refractivity contribution in [2.45, 2.75) is 11.8 Å². The van der Waals surface area contributed by atoms with Crippen LogP contribution in [0.5, 0.6) is 5.75 Å². The predicted molar refractivity (Wildman–Crippen MR) is 88.0 cm³/mol. The van der Waals surface area contributed by atoms with Gasteiger partial charge in [0.1, 0.15) is 5.75 Å². The monoisotopic (exact) mass is 328 g/mol. The molecule has 23 heavy (non-hydrogen) atoms. The Morgan fingerprint density at radius 1 is 1.04 bits per heavy atom. The summed E-state index contributed by atoms with van der Waals surface area (Å²) >= 11 is 0. The van der Waals surface area contributed by atoms with Crippen LogP contribution in [-0.4, -0.2) is 24.7 Å². The van der Waals surface area contributed by atoms with Crippen molar-refractivity contribution in [2.75, 3.05) is 7.11 Å². The maximum atomic E-state index is 12.6. The molecule has 0 atom stereocenters. The molecule has 6 heteroatoms. The molecular weight excluding hydrogens is 312 g/mol. The maximum absolute atomic E-state index is 12.6. The second-order valence-corrected chi connectivity index (χ2v) is 6.92. The highest BCUT2D eigenvalue weighted by molar-refractivity contribution is 7.89. The van der Waals surface area contributed by atoms with E-state index >= 15 is 0 Å². The van der Waals surface area contributed by atoms with Crippen molar-refractivity contribution in [1.82, 2.24) is 9.19 Å². The summed E-state index contributed by atoms with van der Waals surface area (Å²) < 4.78 is 31.5. The summed E-state index contributed by atoms with van der Waals surface area (Å²) in [6, 6.07) is 14.1. The Labute approximate surface area is 135 Å². The van der Waals surface area contributed by atoms with E-state index in [1.54, 1.807) is 31.4 Å². The first-order chi connectivity index (χ1) is 11.0. The van der Waals surface area contributed by atoms with Gasteiger partial charge in [0.15, 0.2) is 0 Å². The molecule has 3 rings (SSSR count). The van der Waals surface area contributed by atoms with Gasteiger partial charge in [-0.1, -0.05) is 35.9 Å². The minimum absolute atomic E-state index is 0.206. The van der Waals surface area contributed by atoms with Crippen LogP contribution in [0.4, 0.5) is 0 Å². The lowest BCUT2D eigenvalue weighted by atomic mass is 10.1. The highest BCUT2D eigenvalue weighted by Gasteiger charge is 2.19. The number of hydrogen-bond acceptors (Lipinski definition) is 4. The molecule has 0 saturated carbocycles. The van der Waals surface area contributed by atoms with Gasteiger partial charge in [-0.2, -0.15) is 17.6 Å². The van der Waals surface area contributed by atoms with Gasteiger partial charge >= 0.3 is 0 Å². The van der Waals surface area contributed by atoms with Gasteiger partial charge in [0.2, 0.25) is 0 Å². The molecule has 3 aromatic rings. The summed E-state index contributed by atoms with van der Waals surface area (Å²) in [5.41, 5.74) is 2.47. The molecular formula is C17H16N2O3S. The highest BCUT2D eigenvalue weighted by Crippen LogP contribution is 2.29. The predicted octanol–water partition coefficient (Wildman–Crippen LogP) is 3.10. The van der Waals surface area contributed by atoms with Crippen LogP contribution in [0.3, 0.4) is 0 Å². The summed E-state index contributed by atoms with van der Waals surface area (Å²) in [5.74, 6) is 0.666. The second kappa shape index (κ2) is 5.89. The Hall–Kier alpha value is -2.60. The molecule has 0 spiro atoms. The number of methoxy groups -OCH3 is 1. The van der Waals surface area contributed by atoms with Gasteiger partial charge in [0.05, 0.1) is 24.4 Å². The molecule has 2 aromatic carbocycles. The first kappa shape index (κ1) is 15.3. The van der Waals surface area contributed by atoms with Crippen molar-refractivity contribution < 1.29 is 13.2 Å². The number of rotatable bonds is 4. The largest absolute Gasteiger partial charge is 0.496 e. The number of benzene rings is 2. The normalized spacial score (nSPS) is 11.4. The molecule has 0 fully saturated rings. The van der Waals surface area contributed by atoms with Gasteiger partial charge < -0.3 is 4.74 Å². The van der Waals surface area contributed by atoms with E-state index in [0.717, 1.165) is 15.2 Å². The third-order valence-electron chi connectivity index (χ3n) is 3.54. The van der Waals surface area contributed by atoms with Crippen LogP contribution in [0, 0.1) is 6.92 Å². The molecule has 0 bridgehead atoms. The molecule has 1 aromatic heterocycles. The van der Waals surface area contributed by atoms with E-state index in [2.05, 4.69) is 5.10 Å². The Morgan fingerprint density at radius 2 is 1.74 bits per heavy atom. The van der Waals surface area contributed by atoms with Gasteiger partial charge in [-0.05, 0) is 25.1 Å². The lowest BCUT2D eigenvalue weighted by Crippen LogP contribution is -2.13. The molecule has 118 valence electrons. The van der Waals surface area contributed by atoms with Crippen molar-refractivity contribution in [3.05, 3.63) is 66.5 Å². The van der Waals surface area contributed by atoms with Crippen LogP contribution in [0.1, 0.15) is 5.56 Å². The number of ether oxygens (including phenoxy) is 1. The molecule has 0 unspecified atom stereocenters. The van der Waals surface area contributed by atoms with Crippen LogP contribution in [0.2, 0.25) is 0 Å². The van der Waals surface area contributed by atoms with E-state index in [9.17, 15) is 8.42 Å². The quantitative estimate of drug-likeness (QED) is 0.738. The molecule has 5 nitrogen and oxygen atoms in total. The van der Waals surface area contributed by atoms with E-state index in [1.807, 2.05) is 31.2 Å². The number of nitrogens with zero attached hydrogens (tertiary/aromatic N) is 2. The average molecular weight is 328 g/mol. The van der Waals surface area contributed by atoms with E-state index in [-0.39, 0.29) is 4.90 Å². The number of para-hydroxylation sites is 1. The van der Waals surface area contributed by atoms with E-state index in [4.69, 9.17) is 4.74 Å². The van der Waals surface area contributed by atoms with Gasteiger partial charge in [0, 0.05) is 11.1 Å². The zero-order valence-corrected chi connectivity index (χ0v) is 13.6. The van der Waals surface area contributed by atoms with Crippen molar-refractivity contribution in [3.8, 4) is 16.9 Å². The minimum Gasteiger partial charge on any atom is -0.496 e. The van der Waals surface area contributed by atoms with Gasteiger partial charge in [0.25, 0.3) is 10.0 Å². The Balaban J connectivity index is 2.03. The fraction of sp³-hybridized carbons (Fsp3) is 0.118. The molecule has 0 amide bonds. The summed E-state index contributed by atoms with van der Waals surface area (Å²) in [6.45, 7) is 1.91. The third-order valence-corrected chi connectivity index (χ3v) is 5.10. The van der Waals surface area contributed by atoms with Crippen molar-refractivity contribution >= 4 is 10.0 Å². The lowest BCUT2D eigenvalue weighted by molar-refractivity contribution is 0.416. The van der Waals surface area contributed by atoms with Crippen molar-refractivity contribution in [1.29, 1.82) is 0 Å². The van der Waals surface area contributed by atoms with Gasteiger partial charge in [-0.15, -0.1) is 0 Å². The smallest absolute Gasteiger partial charge is 0.282 e. The maximum Gasteiger partial charge on any atom is 0.282 e. The first-order valence-corrected chi connectivity index (χ1v) is 8.46. The standard InChI is InChI=1S/C17H16N2O3S/c1-13-7-9-15(10-8-13)23(20,21)19-12-14(11-18-19)16-5-3-4-6-17(16)22-2/h3-12H,1-2H3. The molecule has 0 aliphatic carbocycles. The topological polar surface area (TPSA) is 61.2 Å². The van der Waals surface area contributed by atoms with Crippen molar-refractivity contribution in [3.63, 3.8) is 0 Å². The van der Waals surface area contributed by atoms with Crippen LogP contribution in [0.15, 0.2) is 65.8 Å². The summed E-state index contributed by atoms with van der Waals surface area (Å²) in [4.78, 5) is 0.206. The van der Waals surface area contributed by atoms with E-state index in [0.29, 0.717) is 11.3 Å². The van der Waals surface area contributed by atoms with Gasteiger partial charge in [-0.25, -0.2) is 0 Å². The third kappa shape index (κ3) is 2.85. The highest BCUT2D eigenvalue weighted by atomic mass is 32.2. The van der Waals surface area contributed by atoms with E-state index < -0.39 is 10.0 Å². The van der Waals surface area contributed by atoms with Crippen LogP contribution in [0.25, 0.3) is 11.1 Å². The SMILES string of the molecule is COc1ccccc1-c1cnn(S(=O)(=O)c2ccc(C)cc2)c1. The number of hydrogen-bond donors (Lipinski definition) is 0. The average Bonchev–Trinajstić information content (AvgIpc) is 3.06. The molecule has 0 radical (unpaired) electrons. The number of aromatic nitrogens is 2. The van der Waals surface area contributed by atoms with Crippen LogP contribution >= 0.6 is 0 Å². The second-order valence-electron chi connectivity index (χ2n) is 5.12. The molecule has 0 aliphatic heterocycles. The lowest BCUT2D eigenvalue weighted by Gasteiger charge is -2.06. The Kier molecular flexibility index (Phi) is 3.92. The molecule has 0 aliphatic rings. The van der Waals surface area contributed by atoms with E-state index in [1.165, 1.54) is 12.4 Å². The van der Waals surface area contributed by atoms with Crippen LogP contribution < -0.4 is 4.74 Å². The fourth-order valence-corrected chi connectivity index (χ4v) is 3.40.